The van der Waals surface area contributed by atoms with E-state index in [9.17, 15) is 5.11 Å². The molecule has 0 radical (unpaired) electrons. The standard InChI is InChI=1S/C17H28O/c1-12-7-8-14(3)15(9-12)16(18)10-13(2)11-17(4,5)6/h7-9,13,16,18H,10-11H2,1-6H3. The molecule has 0 heterocycles. The summed E-state index contributed by atoms with van der Waals surface area (Å²) in [4.78, 5) is 0. The maximum Gasteiger partial charge on any atom is 0.0795 e. The van der Waals surface area contributed by atoms with Gasteiger partial charge < -0.3 is 5.11 Å². The van der Waals surface area contributed by atoms with Gasteiger partial charge in [0.1, 0.15) is 0 Å². The molecule has 1 N–H and O–H groups in total. The van der Waals surface area contributed by atoms with Crippen LogP contribution in [0, 0.1) is 25.2 Å². The molecule has 0 saturated carbocycles. The van der Waals surface area contributed by atoms with E-state index >= 15 is 0 Å². The lowest BCUT2D eigenvalue weighted by Crippen LogP contribution is -2.14. The van der Waals surface area contributed by atoms with Gasteiger partial charge in [0.2, 0.25) is 0 Å². The van der Waals surface area contributed by atoms with Crippen LogP contribution >= 0.6 is 0 Å². The molecule has 2 unspecified atom stereocenters. The van der Waals surface area contributed by atoms with Gasteiger partial charge in [-0.1, -0.05) is 51.5 Å². The van der Waals surface area contributed by atoms with Crippen LogP contribution < -0.4 is 0 Å². The Morgan fingerprint density at radius 1 is 1.17 bits per heavy atom. The molecule has 18 heavy (non-hydrogen) atoms. The van der Waals surface area contributed by atoms with E-state index in [0.717, 1.165) is 18.4 Å². The highest BCUT2D eigenvalue weighted by molar-refractivity contribution is 5.32. The van der Waals surface area contributed by atoms with Crippen LogP contribution in [0.5, 0.6) is 0 Å². The third-order valence-corrected chi connectivity index (χ3v) is 3.38. The highest BCUT2D eigenvalue weighted by Crippen LogP contribution is 2.31. The number of hydrogen-bond acceptors (Lipinski definition) is 1. The predicted octanol–water partition coefficient (Wildman–Crippen LogP) is 4.80. The van der Waals surface area contributed by atoms with Crippen molar-refractivity contribution in [2.24, 2.45) is 11.3 Å². The number of rotatable bonds is 4. The summed E-state index contributed by atoms with van der Waals surface area (Å²) in [6, 6.07) is 6.32. The largest absolute Gasteiger partial charge is 0.388 e. The molecule has 2 atom stereocenters. The molecule has 0 aliphatic carbocycles. The lowest BCUT2D eigenvalue weighted by molar-refractivity contribution is 0.133. The molecule has 1 aromatic carbocycles. The van der Waals surface area contributed by atoms with Gasteiger partial charge in [-0.3, -0.25) is 0 Å². The molecule has 1 heteroatoms. The van der Waals surface area contributed by atoms with E-state index in [1.165, 1.54) is 11.1 Å². The normalized spacial score (nSPS) is 15.5. The lowest BCUT2D eigenvalue weighted by Gasteiger charge is -2.25. The van der Waals surface area contributed by atoms with Crippen molar-refractivity contribution >= 4 is 0 Å². The summed E-state index contributed by atoms with van der Waals surface area (Å²) in [5.74, 6) is 0.542. The number of aryl methyl sites for hydroxylation is 2. The zero-order valence-corrected chi connectivity index (χ0v) is 12.7. The van der Waals surface area contributed by atoms with Gasteiger partial charge in [-0.05, 0) is 49.1 Å². The second-order valence-electron chi connectivity index (χ2n) is 6.98. The summed E-state index contributed by atoms with van der Waals surface area (Å²) in [6.07, 6.45) is 1.67. The van der Waals surface area contributed by atoms with E-state index in [1.807, 2.05) is 0 Å². The molecular weight excluding hydrogens is 220 g/mol. The SMILES string of the molecule is Cc1ccc(C)c(C(O)CC(C)CC(C)(C)C)c1. The Balaban J connectivity index is 2.70. The molecule has 0 spiro atoms. The molecule has 1 rings (SSSR count). The van der Waals surface area contributed by atoms with Crippen molar-refractivity contribution < 1.29 is 5.11 Å². The van der Waals surface area contributed by atoms with Crippen LogP contribution in [0.3, 0.4) is 0 Å². The van der Waals surface area contributed by atoms with Crippen molar-refractivity contribution in [3.8, 4) is 0 Å². The summed E-state index contributed by atoms with van der Waals surface area (Å²) in [7, 11) is 0. The summed E-state index contributed by atoms with van der Waals surface area (Å²) in [5, 5.41) is 10.4. The van der Waals surface area contributed by atoms with Gasteiger partial charge in [0.05, 0.1) is 6.10 Å². The highest BCUT2D eigenvalue weighted by Gasteiger charge is 2.19. The quantitative estimate of drug-likeness (QED) is 0.811. The monoisotopic (exact) mass is 248 g/mol. The summed E-state index contributed by atoms with van der Waals surface area (Å²) in [6.45, 7) is 13.2. The van der Waals surface area contributed by atoms with Gasteiger partial charge in [-0.25, -0.2) is 0 Å². The average molecular weight is 248 g/mol. The third-order valence-electron chi connectivity index (χ3n) is 3.38. The van der Waals surface area contributed by atoms with Crippen molar-refractivity contribution in [1.29, 1.82) is 0 Å². The predicted molar refractivity (Wildman–Crippen MR) is 78.7 cm³/mol. The van der Waals surface area contributed by atoms with Crippen LogP contribution in [0.4, 0.5) is 0 Å². The van der Waals surface area contributed by atoms with Crippen molar-refractivity contribution in [1.82, 2.24) is 0 Å². The van der Waals surface area contributed by atoms with E-state index in [0.29, 0.717) is 11.3 Å². The van der Waals surface area contributed by atoms with Crippen molar-refractivity contribution in [2.75, 3.05) is 0 Å². The van der Waals surface area contributed by atoms with Gasteiger partial charge in [-0.2, -0.15) is 0 Å². The summed E-state index contributed by atoms with van der Waals surface area (Å²) < 4.78 is 0. The topological polar surface area (TPSA) is 20.2 Å². The zero-order chi connectivity index (χ0) is 13.9. The first kappa shape index (κ1) is 15.2. The molecule has 0 bridgehead atoms. The van der Waals surface area contributed by atoms with E-state index in [-0.39, 0.29) is 6.10 Å². The second-order valence-corrected chi connectivity index (χ2v) is 6.98. The number of aliphatic hydroxyl groups is 1. The van der Waals surface area contributed by atoms with Gasteiger partial charge in [0.25, 0.3) is 0 Å². The molecule has 1 nitrogen and oxygen atoms in total. The van der Waals surface area contributed by atoms with Gasteiger partial charge in [-0.15, -0.1) is 0 Å². The van der Waals surface area contributed by atoms with Crippen molar-refractivity contribution in [3.05, 3.63) is 34.9 Å². The fourth-order valence-corrected chi connectivity index (χ4v) is 2.76. The Labute approximate surface area is 112 Å². The van der Waals surface area contributed by atoms with Crippen molar-refractivity contribution in [3.63, 3.8) is 0 Å². The minimum Gasteiger partial charge on any atom is -0.388 e. The van der Waals surface area contributed by atoms with Crippen LogP contribution in [-0.2, 0) is 0 Å². The molecule has 0 saturated heterocycles. The van der Waals surface area contributed by atoms with Gasteiger partial charge in [0.15, 0.2) is 0 Å². The van der Waals surface area contributed by atoms with Gasteiger partial charge >= 0.3 is 0 Å². The van der Waals surface area contributed by atoms with E-state index in [1.54, 1.807) is 0 Å². The number of benzene rings is 1. The molecule has 0 aliphatic heterocycles. The fourth-order valence-electron chi connectivity index (χ4n) is 2.76. The molecule has 0 aliphatic rings. The average Bonchev–Trinajstić information content (AvgIpc) is 2.18. The minimum absolute atomic E-state index is 0.331. The van der Waals surface area contributed by atoms with Crippen molar-refractivity contribution in [2.45, 2.75) is 60.5 Å². The Bertz CT molecular complexity index is 387. The molecule has 0 fully saturated rings. The lowest BCUT2D eigenvalue weighted by atomic mass is 9.82. The van der Waals surface area contributed by atoms with Gasteiger partial charge in [0, 0.05) is 0 Å². The number of hydrogen-bond donors (Lipinski definition) is 1. The first-order chi connectivity index (χ1) is 8.19. The van der Waals surface area contributed by atoms with E-state index in [4.69, 9.17) is 0 Å². The van der Waals surface area contributed by atoms with Crippen LogP contribution in [0.1, 0.15) is 63.3 Å². The Morgan fingerprint density at radius 3 is 2.33 bits per heavy atom. The Morgan fingerprint density at radius 2 is 1.78 bits per heavy atom. The Kier molecular flexibility index (Phi) is 4.98. The maximum absolute atomic E-state index is 10.4. The fraction of sp³-hybridized carbons (Fsp3) is 0.647. The van der Waals surface area contributed by atoms with Crippen LogP contribution in [0.2, 0.25) is 0 Å². The molecule has 0 aromatic heterocycles. The molecule has 102 valence electrons. The number of aliphatic hydroxyl groups excluding tert-OH is 1. The van der Waals surface area contributed by atoms with Crippen LogP contribution in [-0.4, -0.2) is 5.11 Å². The highest BCUT2D eigenvalue weighted by atomic mass is 16.3. The summed E-state index contributed by atoms with van der Waals surface area (Å²) >= 11 is 0. The summed E-state index contributed by atoms with van der Waals surface area (Å²) in [5.41, 5.74) is 3.84. The van der Waals surface area contributed by atoms with Crippen LogP contribution in [0.25, 0.3) is 0 Å². The minimum atomic E-state index is -0.331. The third kappa shape index (κ3) is 4.81. The molecule has 0 amide bonds. The first-order valence-corrected chi connectivity index (χ1v) is 6.94. The van der Waals surface area contributed by atoms with E-state index in [2.05, 4.69) is 59.7 Å². The zero-order valence-electron chi connectivity index (χ0n) is 12.7. The maximum atomic E-state index is 10.4. The smallest absolute Gasteiger partial charge is 0.0795 e. The molecular formula is C17H28O. The van der Waals surface area contributed by atoms with E-state index < -0.39 is 0 Å². The second kappa shape index (κ2) is 5.88. The Hall–Kier alpha value is -0.820. The van der Waals surface area contributed by atoms with Crippen LogP contribution in [0.15, 0.2) is 18.2 Å². The first-order valence-electron chi connectivity index (χ1n) is 6.94. The molecule has 1 aromatic rings.